The van der Waals surface area contributed by atoms with E-state index in [1.807, 2.05) is 0 Å². The van der Waals surface area contributed by atoms with Gasteiger partial charge >= 0.3 is 92.1 Å². The molecular formula is C10H19AlO3. The Balaban J connectivity index is 3.05. The zero-order chi connectivity index (χ0) is 10.6. The molecule has 3 nitrogen and oxygen atoms in total. The van der Waals surface area contributed by atoms with Crippen molar-refractivity contribution in [1.82, 2.24) is 0 Å². The molecule has 0 saturated carbocycles. The topological polar surface area (TPSA) is 43.4 Å². The van der Waals surface area contributed by atoms with Crippen LogP contribution >= 0.6 is 0 Å². The van der Waals surface area contributed by atoms with E-state index in [2.05, 4.69) is 10.7 Å². The fourth-order valence-electron chi connectivity index (χ4n) is 1.34. The van der Waals surface area contributed by atoms with Gasteiger partial charge in [-0.15, -0.1) is 0 Å². The molecule has 4 heteroatoms. The number of unbranched alkanes of at least 4 members (excludes halogenated alkanes) is 6. The van der Waals surface area contributed by atoms with Crippen molar-refractivity contribution >= 4 is 21.5 Å². The first-order chi connectivity index (χ1) is 6.81. The Morgan fingerprint density at radius 1 is 1.07 bits per heavy atom. The molecule has 0 radical (unpaired) electrons. The monoisotopic (exact) mass is 214 g/mol. The van der Waals surface area contributed by atoms with Crippen LogP contribution in [0, 0.1) is 0 Å². The first-order valence-corrected chi connectivity index (χ1v) is 6.38. The van der Waals surface area contributed by atoms with E-state index in [9.17, 15) is 8.60 Å². The van der Waals surface area contributed by atoms with Crippen molar-refractivity contribution in [2.45, 2.75) is 58.3 Å². The molecule has 0 aromatic carbocycles. The fraction of sp³-hybridized carbons (Fsp3) is 0.900. The van der Waals surface area contributed by atoms with Gasteiger partial charge in [-0.25, -0.2) is 0 Å². The van der Waals surface area contributed by atoms with Crippen LogP contribution < -0.4 is 0 Å². The Bertz CT molecular complexity index is 159. The van der Waals surface area contributed by atoms with Crippen molar-refractivity contribution in [3.05, 3.63) is 0 Å². The van der Waals surface area contributed by atoms with E-state index in [1.165, 1.54) is 32.1 Å². The van der Waals surface area contributed by atoms with Gasteiger partial charge in [0.2, 0.25) is 0 Å². The minimum atomic E-state index is -1.37. The summed E-state index contributed by atoms with van der Waals surface area (Å²) < 4.78 is 14.4. The number of carbonyl (C=O) groups is 1. The minimum absolute atomic E-state index is 0.316. The van der Waals surface area contributed by atoms with Gasteiger partial charge in [0.05, 0.1) is 0 Å². The average Bonchev–Trinajstić information content (AvgIpc) is 2.17. The summed E-state index contributed by atoms with van der Waals surface area (Å²) >= 11 is -1.37. The maximum atomic E-state index is 10.8. The Morgan fingerprint density at radius 3 is 2.21 bits per heavy atom. The number of rotatable bonds is 9. The van der Waals surface area contributed by atoms with E-state index in [-0.39, 0.29) is 5.97 Å². The first-order valence-electron chi connectivity index (χ1n) is 5.44. The Morgan fingerprint density at radius 2 is 1.64 bits per heavy atom. The summed E-state index contributed by atoms with van der Waals surface area (Å²) in [5.74, 6) is -0.316. The van der Waals surface area contributed by atoms with E-state index in [4.69, 9.17) is 0 Å². The zero-order valence-corrected chi connectivity index (χ0v) is 10.1. The standard InChI is InChI=1S/C10H20O2.Al.O/c1-2-3-4-5-6-7-8-9-10(11)12;;/h2-9H2,1H3,(H,11,12);;/q;+1;/p-1. The molecule has 0 spiro atoms. The van der Waals surface area contributed by atoms with Crippen LogP contribution in [-0.4, -0.2) is 21.5 Å². The second kappa shape index (κ2) is 10.9. The van der Waals surface area contributed by atoms with Crippen molar-refractivity contribution in [2.75, 3.05) is 0 Å². The molecule has 0 aliphatic carbocycles. The molecule has 0 heterocycles. The Hall–Kier alpha value is -0.198. The fourth-order valence-corrected chi connectivity index (χ4v) is 1.56. The number of carbonyl (C=O) groups excluding carboxylic acids is 1. The third-order valence-electron chi connectivity index (χ3n) is 2.16. The molecule has 0 aliphatic heterocycles. The second-order valence-electron chi connectivity index (χ2n) is 3.46. The molecule has 0 bridgehead atoms. The molecule has 14 heavy (non-hydrogen) atoms. The molecule has 0 rings (SSSR count). The van der Waals surface area contributed by atoms with Crippen molar-refractivity contribution in [2.24, 2.45) is 0 Å². The molecule has 0 atom stereocenters. The predicted octanol–water partition coefficient (Wildman–Crippen LogP) is 2.64. The van der Waals surface area contributed by atoms with Gasteiger partial charge in [-0.05, 0) is 0 Å². The molecule has 0 amide bonds. The first kappa shape index (κ1) is 13.8. The van der Waals surface area contributed by atoms with Crippen molar-refractivity contribution in [3.8, 4) is 0 Å². The third-order valence-corrected chi connectivity index (χ3v) is 2.52. The summed E-state index contributed by atoms with van der Waals surface area (Å²) in [7, 11) is 0. The average molecular weight is 214 g/mol. The van der Waals surface area contributed by atoms with Gasteiger partial charge in [0.1, 0.15) is 0 Å². The Labute approximate surface area is 92.5 Å². The zero-order valence-electron chi connectivity index (χ0n) is 8.96. The van der Waals surface area contributed by atoms with Crippen molar-refractivity contribution in [3.63, 3.8) is 0 Å². The van der Waals surface area contributed by atoms with Crippen molar-refractivity contribution < 1.29 is 12.4 Å². The van der Waals surface area contributed by atoms with Crippen LogP contribution in [0.15, 0.2) is 0 Å². The summed E-state index contributed by atoms with van der Waals surface area (Å²) in [5.41, 5.74) is 0. The van der Waals surface area contributed by atoms with Crippen LogP contribution in [0.25, 0.3) is 0 Å². The van der Waals surface area contributed by atoms with E-state index >= 15 is 0 Å². The summed E-state index contributed by atoms with van der Waals surface area (Å²) in [6, 6.07) is 0. The summed E-state index contributed by atoms with van der Waals surface area (Å²) in [6.45, 7) is 2.20. The van der Waals surface area contributed by atoms with Crippen LogP contribution in [0.3, 0.4) is 0 Å². The Kier molecular flexibility index (Phi) is 10.7. The van der Waals surface area contributed by atoms with Crippen molar-refractivity contribution in [1.29, 1.82) is 0 Å². The van der Waals surface area contributed by atoms with Gasteiger partial charge in [-0.3, -0.25) is 0 Å². The quantitative estimate of drug-likeness (QED) is 0.437. The van der Waals surface area contributed by atoms with Crippen LogP contribution in [0.4, 0.5) is 0 Å². The van der Waals surface area contributed by atoms with Crippen LogP contribution in [-0.2, 0) is 12.4 Å². The molecule has 0 aliphatic rings. The third kappa shape index (κ3) is 9.89. The molecule has 0 N–H and O–H groups in total. The maximum absolute atomic E-state index is 10.8. The molecule has 0 saturated heterocycles. The van der Waals surface area contributed by atoms with Crippen LogP contribution in [0.2, 0.25) is 0 Å². The molecule has 0 fully saturated rings. The summed E-state index contributed by atoms with van der Waals surface area (Å²) in [5, 5.41) is 0. The van der Waals surface area contributed by atoms with Crippen LogP contribution in [0.1, 0.15) is 58.3 Å². The summed E-state index contributed by atoms with van der Waals surface area (Å²) in [4.78, 5) is 10.8. The van der Waals surface area contributed by atoms with Gasteiger partial charge in [-0.2, -0.15) is 0 Å². The second-order valence-corrected chi connectivity index (χ2v) is 3.89. The molecule has 0 unspecified atom stereocenters. The van der Waals surface area contributed by atoms with Gasteiger partial charge in [-0.1, -0.05) is 0 Å². The molecule has 0 aromatic heterocycles. The molecule has 80 valence electrons. The van der Waals surface area contributed by atoms with E-state index < -0.39 is 15.5 Å². The molecular weight excluding hydrogens is 195 g/mol. The van der Waals surface area contributed by atoms with Gasteiger partial charge in [0.15, 0.2) is 0 Å². The van der Waals surface area contributed by atoms with Gasteiger partial charge in [0, 0.05) is 0 Å². The summed E-state index contributed by atoms with van der Waals surface area (Å²) in [6.07, 6.45) is 8.68. The predicted molar refractivity (Wildman–Crippen MR) is 55.1 cm³/mol. The van der Waals surface area contributed by atoms with E-state index in [1.54, 1.807) is 0 Å². The van der Waals surface area contributed by atoms with Gasteiger partial charge < -0.3 is 0 Å². The number of hydrogen-bond acceptors (Lipinski definition) is 3. The van der Waals surface area contributed by atoms with Crippen LogP contribution in [0.5, 0.6) is 0 Å². The van der Waals surface area contributed by atoms with E-state index in [0.29, 0.717) is 6.42 Å². The number of hydrogen-bond donors (Lipinski definition) is 0. The normalized spacial score (nSPS) is 9.50. The SMILES string of the molecule is CCCCCCCCCC(=O)[O][Al]=[O]. The van der Waals surface area contributed by atoms with E-state index in [0.717, 1.165) is 12.8 Å². The van der Waals surface area contributed by atoms with Gasteiger partial charge in [0.25, 0.3) is 0 Å². The molecule has 0 aromatic rings.